The van der Waals surface area contributed by atoms with Crippen LogP contribution in [-0.2, 0) is 4.79 Å². The molecular weight excluding hydrogens is 893 g/mol. The number of carbonyl (C=O) groups excluding carboxylic acids is 1. The maximum atomic E-state index is 15.8. The number of nitrogens with one attached hydrogen (secondary N) is 4. The lowest BCUT2D eigenvalue weighted by molar-refractivity contribution is -0.131. The Hall–Kier alpha value is -5.77. The van der Waals surface area contributed by atoms with E-state index in [0.717, 1.165) is 85.2 Å². The van der Waals surface area contributed by atoms with Crippen molar-refractivity contribution in [3.05, 3.63) is 73.1 Å². The first-order valence-electron chi connectivity index (χ1n) is 25.0. The summed E-state index contributed by atoms with van der Waals surface area (Å²) in [7, 11) is 0. The van der Waals surface area contributed by atoms with Crippen molar-refractivity contribution in [2.45, 2.75) is 74.9 Å². The summed E-state index contributed by atoms with van der Waals surface area (Å²) < 4.78 is 12.0. The van der Waals surface area contributed by atoms with Crippen molar-refractivity contribution in [2.24, 2.45) is 0 Å². The van der Waals surface area contributed by atoms with Crippen LogP contribution in [0.3, 0.4) is 0 Å². The molecule has 8 heterocycles. The minimum atomic E-state index is -1.06. The number of aliphatic hydroxyl groups excluding tert-OH is 4. The smallest absolute Gasteiger partial charge is 0.244 e. The number of H-pyrrole nitrogens is 2. The van der Waals surface area contributed by atoms with Crippen molar-refractivity contribution >= 4 is 39.2 Å². The summed E-state index contributed by atoms with van der Waals surface area (Å²) in [5.74, 6) is 0.919. The lowest BCUT2D eigenvalue weighted by atomic mass is 9.90. The minimum absolute atomic E-state index is 0.120. The second-order valence-electron chi connectivity index (χ2n) is 19.1. The van der Waals surface area contributed by atoms with E-state index in [2.05, 4.69) is 74.9 Å². The van der Waals surface area contributed by atoms with Gasteiger partial charge in [-0.15, -0.1) is 10.2 Å². The van der Waals surface area contributed by atoms with Crippen molar-refractivity contribution in [3.8, 4) is 34.0 Å². The highest BCUT2D eigenvalue weighted by atomic mass is 16.5. The van der Waals surface area contributed by atoms with Gasteiger partial charge in [0.25, 0.3) is 0 Å². The average Bonchev–Trinajstić information content (AvgIpc) is 4.27. The molecule has 4 saturated heterocycles. The highest BCUT2D eigenvalue weighted by Gasteiger charge is 2.41. The molecule has 2 aromatic carbocycles. The van der Waals surface area contributed by atoms with E-state index in [-0.39, 0.29) is 43.2 Å². The number of aliphatic hydroxyl groups is 4. The molecule has 4 aliphatic heterocycles. The van der Waals surface area contributed by atoms with E-state index >= 15 is 4.79 Å². The number of Topliss-reactive ketones (excluding diaryl/α,β-unsaturated/α-hetero) is 1. The summed E-state index contributed by atoms with van der Waals surface area (Å²) in [4.78, 5) is 34.8. The predicted molar refractivity (Wildman–Crippen MR) is 267 cm³/mol. The normalized spacial score (nSPS) is 21.1. The molecule has 4 aliphatic rings. The van der Waals surface area contributed by atoms with Gasteiger partial charge in [-0.25, -0.2) is 9.97 Å². The molecule has 0 saturated carbocycles. The van der Waals surface area contributed by atoms with Crippen LogP contribution in [0.5, 0.6) is 11.8 Å². The fourth-order valence-electron chi connectivity index (χ4n) is 11.0. The van der Waals surface area contributed by atoms with E-state index in [1.54, 1.807) is 0 Å². The van der Waals surface area contributed by atoms with Gasteiger partial charge in [0.15, 0.2) is 17.1 Å². The summed E-state index contributed by atoms with van der Waals surface area (Å²) >= 11 is 0. The van der Waals surface area contributed by atoms with Gasteiger partial charge in [-0.1, -0.05) is 60.7 Å². The van der Waals surface area contributed by atoms with Gasteiger partial charge in [-0.05, 0) is 62.7 Å². The largest absolute Gasteiger partial charge is 0.473 e. The number of carbonyl (C=O) groups is 1. The summed E-state index contributed by atoms with van der Waals surface area (Å²) in [6.45, 7) is 6.12. The number of pyridine rings is 2. The molecule has 19 nitrogen and oxygen atoms in total. The molecule has 4 aromatic heterocycles. The van der Waals surface area contributed by atoms with Crippen LogP contribution in [0.4, 0.5) is 11.4 Å². The highest BCUT2D eigenvalue weighted by molar-refractivity contribution is 6.03. The lowest BCUT2D eigenvalue weighted by Crippen LogP contribution is -2.60. The van der Waals surface area contributed by atoms with E-state index in [1.807, 2.05) is 48.8 Å². The zero-order valence-corrected chi connectivity index (χ0v) is 39.6. The van der Waals surface area contributed by atoms with Crippen molar-refractivity contribution in [1.82, 2.24) is 50.8 Å². The standard InChI is InChI=1S/C51H66N12O7/c64-29-37(66)31-69-50-43-45(39(27-54-48(43)56-58-50)33-9-3-1-4-10-33)62-21-17-60(18-22-62)41(25-35-13-7-15-52-35)47(68)42(26-36-14-8-16-53-36)61-19-23-63(24-20-61)46-40(34-11-5-2-6-12-34)28-55-49-44(46)51(59-57-49)70-32-38(67)30-65/h1-6,9-12,27-28,35-38,41-42,52-53,64-67H,7-8,13-26,29-32H2,(H,54,56,58)(H,55,57,59)/t35-,36-,37-,38-,41?,42?/m0/s1. The van der Waals surface area contributed by atoms with Gasteiger partial charge in [-0.3, -0.25) is 24.8 Å². The van der Waals surface area contributed by atoms with Crippen molar-refractivity contribution in [1.29, 1.82) is 0 Å². The van der Waals surface area contributed by atoms with Crippen LogP contribution >= 0.6 is 0 Å². The van der Waals surface area contributed by atoms with Crippen molar-refractivity contribution < 1.29 is 34.7 Å². The van der Waals surface area contributed by atoms with Gasteiger partial charge >= 0.3 is 0 Å². The SMILES string of the molecule is O=C(C(C[C@@H]1CCCN1)N1CCN(c2c(-c3ccccc3)cnc3[nH]nc(OC[C@@H](O)CO)c23)CC1)C(C[C@@H]1CCCN1)N1CCN(c2c(-c3ccccc3)cnc3[nH]nc(OC[C@@H](O)CO)c23)CC1. The Labute approximate surface area is 407 Å². The van der Waals surface area contributed by atoms with Gasteiger partial charge in [0, 0.05) is 88.0 Å². The zero-order valence-electron chi connectivity index (χ0n) is 39.6. The van der Waals surface area contributed by atoms with Crippen LogP contribution in [0.25, 0.3) is 44.3 Å². The topological polar surface area (TPSA) is 237 Å². The second-order valence-corrected chi connectivity index (χ2v) is 19.1. The molecule has 372 valence electrons. The number of anilines is 2. The minimum Gasteiger partial charge on any atom is -0.473 e. The highest BCUT2D eigenvalue weighted by Crippen LogP contribution is 2.42. The fraction of sp³-hybridized carbons (Fsp3) is 0.510. The van der Waals surface area contributed by atoms with Gasteiger partial charge in [0.1, 0.15) is 36.2 Å². The second kappa shape index (κ2) is 22.1. The molecule has 0 spiro atoms. The van der Waals surface area contributed by atoms with Gasteiger partial charge in [-0.2, -0.15) is 0 Å². The van der Waals surface area contributed by atoms with Gasteiger partial charge < -0.3 is 50.3 Å². The van der Waals surface area contributed by atoms with E-state index < -0.39 is 25.4 Å². The lowest BCUT2D eigenvalue weighted by Gasteiger charge is -2.45. The van der Waals surface area contributed by atoms with E-state index in [4.69, 9.17) is 19.4 Å². The molecule has 8 N–H and O–H groups in total. The third-order valence-electron chi connectivity index (χ3n) is 14.6. The third-order valence-corrected chi connectivity index (χ3v) is 14.6. The number of hydrogen-bond donors (Lipinski definition) is 8. The number of fused-ring (bicyclic) bond motifs is 2. The quantitative estimate of drug-likeness (QED) is 0.0549. The first-order chi connectivity index (χ1) is 34.4. The molecular formula is C51H66N12O7. The fourth-order valence-corrected chi connectivity index (χ4v) is 11.0. The number of piperazine rings is 2. The molecule has 19 heteroatoms. The number of nitrogens with zero attached hydrogens (tertiary/aromatic N) is 8. The van der Waals surface area contributed by atoms with Crippen LogP contribution in [0.1, 0.15) is 38.5 Å². The van der Waals surface area contributed by atoms with E-state index in [1.165, 1.54) is 0 Å². The van der Waals surface area contributed by atoms with Crippen LogP contribution in [0, 0.1) is 0 Å². The molecule has 70 heavy (non-hydrogen) atoms. The molecule has 0 bridgehead atoms. The van der Waals surface area contributed by atoms with Gasteiger partial charge in [0.05, 0.1) is 36.7 Å². The molecule has 6 atom stereocenters. The molecule has 6 aromatic rings. The van der Waals surface area contributed by atoms with Gasteiger partial charge in [0.2, 0.25) is 11.8 Å². The van der Waals surface area contributed by atoms with Crippen molar-refractivity contribution in [3.63, 3.8) is 0 Å². The Kier molecular flexibility index (Phi) is 15.1. The Balaban J connectivity index is 0.926. The molecule has 4 fully saturated rings. The molecule has 2 unspecified atom stereocenters. The van der Waals surface area contributed by atoms with Crippen molar-refractivity contribution in [2.75, 3.05) is 102 Å². The van der Waals surface area contributed by atoms with E-state index in [9.17, 15) is 20.4 Å². The maximum Gasteiger partial charge on any atom is 0.244 e. The third kappa shape index (κ3) is 10.3. The summed E-state index contributed by atoms with van der Waals surface area (Å²) in [6, 6.07) is 20.2. The Bertz CT molecular complexity index is 2460. The number of aromatic nitrogens is 6. The van der Waals surface area contributed by atoms with E-state index in [0.29, 0.717) is 86.2 Å². The maximum absolute atomic E-state index is 15.8. The number of aromatic amines is 2. The number of benzene rings is 2. The Morgan fingerprint density at radius 2 is 1.03 bits per heavy atom. The molecule has 0 aliphatic carbocycles. The summed E-state index contributed by atoms with van der Waals surface area (Å²) in [5.41, 5.74) is 6.86. The van der Waals surface area contributed by atoms with Crippen LogP contribution in [0.2, 0.25) is 0 Å². The van der Waals surface area contributed by atoms with Crippen LogP contribution in [0.15, 0.2) is 73.1 Å². The first-order valence-corrected chi connectivity index (χ1v) is 25.0. The Morgan fingerprint density at radius 3 is 1.40 bits per heavy atom. The monoisotopic (exact) mass is 959 g/mol. The zero-order chi connectivity index (χ0) is 48.0. The van der Waals surface area contributed by atoms with Crippen LogP contribution in [-0.4, -0.2) is 195 Å². The number of hydrogen-bond acceptors (Lipinski definition) is 17. The first kappa shape index (κ1) is 47.9. The van der Waals surface area contributed by atoms with Crippen LogP contribution < -0.4 is 29.9 Å². The summed E-state index contributed by atoms with van der Waals surface area (Å²) in [5, 5.41) is 63.3. The predicted octanol–water partition coefficient (Wildman–Crippen LogP) is 2.56. The number of rotatable bonds is 20. The average molecular weight is 959 g/mol. The Morgan fingerprint density at radius 1 is 0.614 bits per heavy atom. The molecule has 0 amide bonds. The molecule has 10 rings (SSSR count). The number of ketones is 1. The number of ether oxygens (including phenoxy) is 2. The molecule has 0 radical (unpaired) electrons. The summed E-state index contributed by atoms with van der Waals surface area (Å²) in [6.07, 6.45) is 7.41.